The quantitative estimate of drug-likeness (QED) is 0.777. The smallest absolute Gasteiger partial charge is 0.219 e. The Morgan fingerprint density at radius 3 is 2.73 bits per heavy atom. The Balaban J connectivity index is 2.68. The number of amides is 1. The van der Waals surface area contributed by atoms with E-state index in [2.05, 4.69) is 0 Å². The second-order valence-corrected chi connectivity index (χ2v) is 3.51. The normalized spacial score (nSPS) is 12.2. The minimum atomic E-state index is -0.772. The van der Waals surface area contributed by atoms with Crippen molar-refractivity contribution in [2.75, 3.05) is 13.6 Å². The zero-order valence-electron chi connectivity index (χ0n) is 8.84. The molecule has 15 heavy (non-hydrogen) atoms. The van der Waals surface area contributed by atoms with Gasteiger partial charge >= 0.3 is 0 Å². The molecule has 0 aliphatic carbocycles. The number of hydrogen-bond donors (Lipinski definition) is 2. The first-order valence-corrected chi connectivity index (χ1v) is 4.69. The summed E-state index contributed by atoms with van der Waals surface area (Å²) in [5, 5.41) is 19.0. The Morgan fingerprint density at radius 1 is 1.53 bits per heavy atom. The van der Waals surface area contributed by atoms with Gasteiger partial charge < -0.3 is 15.1 Å². The molecule has 0 aromatic heterocycles. The first-order valence-electron chi connectivity index (χ1n) is 4.69. The van der Waals surface area contributed by atoms with E-state index >= 15 is 0 Å². The van der Waals surface area contributed by atoms with E-state index in [9.17, 15) is 15.0 Å². The van der Waals surface area contributed by atoms with E-state index in [0.717, 1.165) is 0 Å². The summed E-state index contributed by atoms with van der Waals surface area (Å²) in [5.74, 6) is 0.00577. The number of rotatable bonds is 3. The van der Waals surface area contributed by atoms with Crippen molar-refractivity contribution in [3.8, 4) is 5.75 Å². The van der Waals surface area contributed by atoms with Gasteiger partial charge in [-0.3, -0.25) is 4.79 Å². The van der Waals surface area contributed by atoms with Crippen molar-refractivity contribution in [3.63, 3.8) is 0 Å². The van der Waals surface area contributed by atoms with Gasteiger partial charge in [-0.15, -0.1) is 0 Å². The molecule has 0 fully saturated rings. The van der Waals surface area contributed by atoms with Crippen LogP contribution in [0.2, 0.25) is 0 Å². The summed E-state index contributed by atoms with van der Waals surface area (Å²) in [5.41, 5.74) is 0.600. The predicted octanol–water partition coefficient (Wildman–Crippen LogP) is 0.904. The minimum Gasteiger partial charge on any atom is -0.508 e. The number of phenols is 1. The maximum absolute atomic E-state index is 10.9. The third kappa shape index (κ3) is 3.25. The van der Waals surface area contributed by atoms with Crippen molar-refractivity contribution in [1.82, 2.24) is 4.90 Å². The van der Waals surface area contributed by atoms with Crippen LogP contribution < -0.4 is 0 Å². The van der Waals surface area contributed by atoms with Crippen molar-refractivity contribution < 1.29 is 15.0 Å². The van der Waals surface area contributed by atoms with Gasteiger partial charge in [-0.2, -0.15) is 0 Å². The van der Waals surface area contributed by atoms with Crippen LogP contribution in [0.25, 0.3) is 0 Å². The SMILES string of the molecule is CC(=O)N(C)C[C@@H](O)c1cccc(O)c1. The van der Waals surface area contributed by atoms with Crippen LogP contribution in [-0.4, -0.2) is 34.6 Å². The molecule has 1 amide bonds. The number of benzene rings is 1. The Bertz CT molecular complexity index is 351. The predicted molar refractivity (Wildman–Crippen MR) is 56.4 cm³/mol. The highest BCUT2D eigenvalue weighted by Crippen LogP contribution is 2.18. The number of aromatic hydroxyl groups is 1. The fourth-order valence-electron chi connectivity index (χ4n) is 1.23. The molecule has 0 spiro atoms. The first kappa shape index (κ1) is 11.5. The number of phenolic OH excluding ortho intramolecular Hbond substituents is 1. The van der Waals surface area contributed by atoms with E-state index in [0.29, 0.717) is 5.56 Å². The summed E-state index contributed by atoms with van der Waals surface area (Å²) in [6.45, 7) is 1.66. The molecule has 0 aliphatic heterocycles. The molecule has 4 nitrogen and oxygen atoms in total. The molecule has 1 rings (SSSR count). The zero-order chi connectivity index (χ0) is 11.4. The number of hydrogen-bond acceptors (Lipinski definition) is 3. The maximum Gasteiger partial charge on any atom is 0.219 e. The lowest BCUT2D eigenvalue weighted by Gasteiger charge is -2.19. The number of nitrogens with zero attached hydrogens (tertiary/aromatic N) is 1. The van der Waals surface area contributed by atoms with E-state index in [1.165, 1.54) is 24.0 Å². The van der Waals surface area contributed by atoms with Gasteiger partial charge in [0.05, 0.1) is 12.6 Å². The van der Waals surface area contributed by atoms with Crippen molar-refractivity contribution in [2.24, 2.45) is 0 Å². The molecular formula is C11H15NO3. The Labute approximate surface area is 88.8 Å². The lowest BCUT2D eigenvalue weighted by Crippen LogP contribution is -2.28. The molecule has 0 saturated heterocycles. The summed E-state index contributed by atoms with van der Waals surface area (Å²) < 4.78 is 0. The Kier molecular flexibility index (Phi) is 3.68. The van der Waals surface area contributed by atoms with Gasteiger partial charge in [-0.25, -0.2) is 0 Å². The van der Waals surface area contributed by atoms with Crippen LogP contribution in [0, 0.1) is 0 Å². The van der Waals surface area contributed by atoms with Gasteiger partial charge in [0.15, 0.2) is 0 Å². The molecule has 1 aromatic rings. The molecule has 0 radical (unpaired) electrons. The van der Waals surface area contributed by atoms with Crippen molar-refractivity contribution >= 4 is 5.91 Å². The Hall–Kier alpha value is -1.55. The van der Waals surface area contributed by atoms with Gasteiger partial charge in [0, 0.05) is 14.0 Å². The Morgan fingerprint density at radius 2 is 2.20 bits per heavy atom. The molecule has 0 aliphatic rings. The number of aliphatic hydroxyl groups excluding tert-OH is 1. The van der Waals surface area contributed by atoms with E-state index in [1.807, 2.05) is 0 Å². The van der Waals surface area contributed by atoms with E-state index in [-0.39, 0.29) is 18.2 Å². The molecule has 0 bridgehead atoms. The number of carbonyl (C=O) groups excluding carboxylic acids is 1. The molecule has 4 heteroatoms. The summed E-state index contributed by atoms with van der Waals surface area (Å²) in [6.07, 6.45) is -0.772. The van der Waals surface area contributed by atoms with Crippen LogP contribution >= 0.6 is 0 Å². The van der Waals surface area contributed by atoms with Crippen LogP contribution in [0.15, 0.2) is 24.3 Å². The zero-order valence-corrected chi connectivity index (χ0v) is 8.84. The standard InChI is InChI=1S/C11H15NO3/c1-8(13)12(2)7-11(15)9-4-3-5-10(14)6-9/h3-6,11,14-15H,7H2,1-2H3/t11-/m1/s1. The average molecular weight is 209 g/mol. The summed E-state index contributed by atoms with van der Waals surface area (Å²) in [4.78, 5) is 12.4. The van der Waals surface area contributed by atoms with E-state index < -0.39 is 6.10 Å². The molecule has 2 N–H and O–H groups in total. The van der Waals surface area contributed by atoms with Crippen LogP contribution in [0.3, 0.4) is 0 Å². The highest BCUT2D eigenvalue weighted by Gasteiger charge is 2.12. The number of aliphatic hydroxyl groups is 1. The fourth-order valence-corrected chi connectivity index (χ4v) is 1.23. The van der Waals surface area contributed by atoms with E-state index in [1.54, 1.807) is 19.2 Å². The average Bonchev–Trinajstić information content (AvgIpc) is 2.17. The summed E-state index contributed by atoms with van der Waals surface area (Å²) in [7, 11) is 1.62. The van der Waals surface area contributed by atoms with Crippen molar-refractivity contribution in [3.05, 3.63) is 29.8 Å². The highest BCUT2D eigenvalue weighted by molar-refractivity contribution is 5.72. The lowest BCUT2D eigenvalue weighted by atomic mass is 10.1. The number of likely N-dealkylation sites (N-methyl/N-ethyl adjacent to an activating group) is 1. The van der Waals surface area contributed by atoms with Crippen LogP contribution in [0.1, 0.15) is 18.6 Å². The number of carbonyl (C=O) groups is 1. The second kappa shape index (κ2) is 4.79. The topological polar surface area (TPSA) is 60.8 Å². The molecular weight excluding hydrogens is 194 g/mol. The van der Waals surface area contributed by atoms with Crippen LogP contribution in [-0.2, 0) is 4.79 Å². The molecule has 0 heterocycles. The van der Waals surface area contributed by atoms with Gasteiger partial charge in [0.1, 0.15) is 5.75 Å². The molecule has 82 valence electrons. The van der Waals surface area contributed by atoms with Crippen molar-refractivity contribution in [2.45, 2.75) is 13.0 Å². The second-order valence-electron chi connectivity index (χ2n) is 3.51. The van der Waals surface area contributed by atoms with Crippen molar-refractivity contribution in [1.29, 1.82) is 0 Å². The highest BCUT2D eigenvalue weighted by atomic mass is 16.3. The van der Waals surface area contributed by atoms with Gasteiger partial charge in [-0.1, -0.05) is 12.1 Å². The van der Waals surface area contributed by atoms with Gasteiger partial charge in [0.2, 0.25) is 5.91 Å². The lowest BCUT2D eigenvalue weighted by molar-refractivity contribution is -0.128. The molecule has 1 atom stereocenters. The minimum absolute atomic E-state index is 0.103. The monoisotopic (exact) mass is 209 g/mol. The largest absolute Gasteiger partial charge is 0.508 e. The summed E-state index contributed by atoms with van der Waals surface area (Å²) in [6, 6.07) is 6.38. The van der Waals surface area contributed by atoms with Gasteiger partial charge in [0.25, 0.3) is 0 Å². The third-order valence-electron chi connectivity index (χ3n) is 2.24. The third-order valence-corrected chi connectivity index (χ3v) is 2.24. The van der Waals surface area contributed by atoms with Gasteiger partial charge in [-0.05, 0) is 17.7 Å². The maximum atomic E-state index is 10.9. The molecule has 0 saturated carbocycles. The fraction of sp³-hybridized carbons (Fsp3) is 0.364. The molecule has 0 unspecified atom stereocenters. The van der Waals surface area contributed by atoms with E-state index in [4.69, 9.17) is 0 Å². The summed E-state index contributed by atoms with van der Waals surface area (Å²) >= 11 is 0. The van der Waals surface area contributed by atoms with Crippen LogP contribution in [0.4, 0.5) is 0 Å². The van der Waals surface area contributed by atoms with Crippen LogP contribution in [0.5, 0.6) is 5.75 Å². The first-order chi connectivity index (χ1) is 7.00. The molecule has 1 aromatic carbocycles.